The van der Waals surface area contributed by atoms with Crippen molar-refractivity contribution in [2.45, 2.75) is 50.7 Å². The van der Waals surface area contributed by atoms with Gasteiger partial charge in [-0.3, -0.25) is 4.79 Å². The average molecular weight is 322 g/mol. The Morgan fingerprint density at radius 2 is 1.50 bits per heavy atom. The van der Waals surface area contributed by atoms with Gasteiger partial charge in [0.1, 0.15) is 0 Å². The summed E-state index contributed by atoms with van der Waals surface area (Å²) in [4.78, 5) is 12.5. The molecule has 1 aliphatic carbocycles. The number of rotatable bonds is 5. The monoisotopic (exact) mass is 322 g/mol. The summed E-state index contributed by atoms with van der Waals surface area (Å²) in [5, 5.41) is 6.97. The van der Waals surface area contributed by atoms with E-state index in [0.29, 0.717) is 6.04 Å². The zero-order valence-electron chi connectivity index (χ0n) is 14.2. The summed E-state index contributed by atoms with van der Waals surface area (Å²) in [6, 6.07) is 20.8. The molecule has 24 heavy (non-hydrogen) atoms. The fourth-order valence-electron chi connectivity index (χ4n) is 3.50. The molecule has 0 unspecified atom stereocenters. The van der Waals surface area contributed by atoms with Crippen molar-refractivity contribution < 1.29 is 4.79 Å². The fourth-order valence-corrected chi connectivity index (χ4v) is 3.50. The maximum absolute atomic E-state index is 12.5. The third-order valence-corrected chi connectivity index (χ3v) is 4.88. The van der Waals surface area contributed by atoms with Gasteiger partial charge in [-0.2, -0.15) is 0 Å². The van der Waals surface area contributed by atoms with Gasteiger partial charge in [-0.1, -0.05) is 61.4 Å². The minimum Gasteiger partial charge on any atom is -0.348 e. The minimum atomic E-state index is 0.0293. The molecule has 3 atom stereocenters. The maximum Gasteiger partial charge on any atom is 0.251 e. The van der Waals surface area contributed by atoms with Crippen molar-refractivity contribution >= 4 is 5.91 Å². The van der Waals surface area contributed by atoms with Crippen molar-refractivity contribution in [3.63, 3.8) is 0 Å². The lowest BCUT2D eigenvalue weighted by molar-refractivity contribution is 0.0913. The van der Waals surface area contributed by atoms with Crippen LogP contribution in [0.5, 0.6) is 0 Å². The van der Waals surface area contributed by atoms with Crippen LogP contribution in [0.1, 0.15) is 54.6 Å². The summed E-state index contributed by atoms with van der Waals surface area (Å²) in [6.07, 6.45) is 4.54. The van der Waals surface area contributed by atoms with E-state index in [0.717, 1.165) is 18.4 Å². The number of amides is 1. The van der Waals surface area contributed by atoms with E-state index in [1.165, 1.54) is 18.4 Å². The van der Waals surface area contributed by atoms with Gasteiger partial charge in [0.2, 0.25) is 0 Å². The highest BCUT2D eigenvalue weighted by Gasteiger charge is 2.27. The molecule has 0 spiro atoms. The molecule has 126 valence electrons. The van der Waals surface area contributed by atoms with E-state index in [1.807, 2.05) is 36.4 Å². The molecule has 0 radical (unpaired) electrons. The van der Waals surface area contributed by atoms with E-state index >= 15 is 0 Å². The first-order chi connectivity index (χ1) is 11.7. The molecule has 0 aromatic heterocycles. The molecule has 1 aliphatic rings. The Hall–Kier alpha value is -2.13. The molecule has 0 aliphatic heterocycles. The van der Waals surface area contributed by atoms with Crippen LogP contribution in [0.2, 0.25) is 0 Å². The molecule has 2 aromatic carbocycles. The second-order valence-corrected chi connectivity index (χ2v) is 6.64. The van der Waals surface area contributed by atoms with Gasteiger partial charge in [-0.05, 0) is 37.5 Å². The molecule has 0 saturated heterocycles. The van der Waals surface area contributed by atoms with Crippen LogP contribution in [0, 0.1) is 0 Å². The minimum absolute atomic E-state index is 0.0293. The molecule has 0 heterocycles. The Labute approximate surface area is 144 Å². The van der Waals surface area contributed by atoms with Crippen molar-refractivity contribution in [2.75, 3.05) is 0 Å². The van der Waals surface area contributed by atoms with Crippen molar-refractivity contribution in [2.24, 2.45) is 0 Å². The topological polar surface area (TPSA) is 41.1 Å². The van der Waals surface area contributed by atoms with E-state index in [2.05, 4.69) is 41.8 Å². The average Bonchev–Trinajstić information content (AvgIpc) is 2.64. The zero-order chi connectivity index (χ0) is 16.8. The Kier molecular flexibility index (Phi) is 5.65. The molecule has 3 nitrogen and oxygen atoms in total. The summed E-state index contributed by atoms with van der Waals surface area (Å²) >= 11 is 0. The smallest absolute Gasteiger partial charge is 0.251 e. The van der Waals surface area contributed by atoms with Gasteiger partial charge < -0.3 is 10.6 Å². The Balaban J connectivity index is 1.64. The summed E-state index contributed by atoms with van der Waals surface area (Å²) in [6.45, 7) is 2.19. The first-order valence-corrected chi connectivity index (χ1v) is 8.91. The van der Waals surface area contributed by atoms with Gasteiger partial charge in [0.15, 0.2) is 0 Å². The second-order valence-electron chi connectivity index (χ2n) is 6.64. The van der Waals surface area contributed by atoms with Crippen LogP contribution in [0.15, 0.2) is 60.7 Å². The Morgan fingerprint density at radius 1 is 0.917 bits per heavy atom. The first kappa shape index (κ1) is 16.7. The number of carbonyl (C=O) groups excluding carboxylic acids is 1. The Morgan fingerprint density at radius 3 is 2.17 bits per heavy atom. The van der Waals surface area contributed by atoms with Crippen LogP contribution in [-0.4, -0.2) is 18.0 Å². The van der Waals surface area contributed by atoms with Gasteiger partial charge in [0, 0.05) is 23.7 Å². The second kappa shape index (κ2) is 8.11. The molecule has 0 bridgehead atoms. The molecule has 3 heteroatoms. The van der Waals surface area contributed by atoms with Gasteiger partial charge in [-0.25, -0.2) is 0 Å². The van der Waals surface area contributed by atoms with Crippen LogP contribution in [0.3, 0.4) is 0 Å². The molecule has 3 rings (SSSR count). The lowest BCUT2D eigenvalue weighted by atomic mass is 9.89. The molecule has 1 amide bonds. The number of hydrogen-bond acceptors (Lipinski definition) is 2. The molecular formula is C21H26N2O. The quantitative estimate of drug-likeness (QED) is 0.871. The van der Waals surface area contributed by atoms with Crippen molar-refractivity contribution in [1.82, 2.24) is 10.6 Å². The molecule has 2 N–H and O–H groups in total. The van der Waals surface area contributed by atoms with Crippen LogP contribution < -0.4 is 10.6 Å². The summed E-state index contributed by atoms with van der Waals surface area (Å²) in [7, 11) is 0. The predicted molar refractivity (Wildman–Crippen MR) is 97.9 cm³/mol. The highest BCUT2D eigenvalue weighted by Crippen LogP contribution is 2.22. The number of benzene rings is 2. The summed E-state index contributed by atoms with van der Waals surface area (Å²) in [5.74, 6) is 0.0293. The molecule has 1 saturated carbocycles. The third kappa shape index (κ3) is 4.24. The van der Waals surface area contributed by atoms with E-state index < -0.39 is 0 Å². The normalized spacial score (nSPS) is 21.9. The largest absolute Gasteiger partial charge is 0.348 e. The number of hydrogen-bond donors (Lipinski definition) is 2. The SMILES string of the molecule is C[C@H](N[C@H]1CCCC[C@@H]1NC(=O)c1ccccc1)c1ccccc1. The highest BCUT2D eigenvalue weighted by atomic mass is 16.1. The molecule has 1 fully saturated rings. The maximum atomic E-state index is 12.5. The van der Waals surface area contributed by atoms with Gasteiger partial charge >= 0.3 is 0 Å². The highest BCUT2D eigenvalue weighted by molar-refractivity contribution is 5.94. The molecular weight excluding hydrogens is 296 g/mol. The van der Waals surface area contributed by atoms with Gasteiger partial charge in [0.25, 0.3) is 5.91 Å². The van der Waals surface area contributed by atoms with E-state index in [-0.39, 0.29) is 18.0 Å². The fraction of sp³-hybridized carbons (Fsp3) is 0.381. The van der Waals surface area contributed by atoms with Crippen molar-refractivity contribution in [1.29, 1.82) is 0 Å². The number of carbonyl (C=O) groups is 1. The lowest BCUT2D eigenvalue weighted by Crippen LogP contribution is -2.52. The summed E-state index contributed by atoms with van der Waals surface area (Å²) < 4.78 is 0. The van der Waals surface area contributed by atoms with Gasteiger partial charge in [0.05, 0.1) is 0 Å². The van der Waals surface area contributed by atoms with E-state index in [4.69, 9.17) is 0 Å². The zero-order valence-corrected chi connectivity index (χ0v) is 14.2. The van der Waals surface area contributed by atoms with Crippen LogP contribution in [0.4, 0.5) is 0 Å². The van der Waals surface area contributed by atoms with Crippen molar-refractivity contribution in [3.8, 4) is 0 Å². The Bertz CT molecular complexity index is 641. The summed E-state index contributed by atoms with van der Waals surface area (Å²) in [5.41, 5.74) is 2.02. The van der Waals surface area contributed by atoms with E-state index in [9.17, 15) is 4.79 Å². The van der Waals surface area contributed by atoms with E-state index in [1.54, 1.807) is 0 Å². The first-order valence-electron chi connectivity index (χ1n) is 8.91. The van der Waals surface area contributed by atoms with Crippen molar-refractivity contribution in [3.05, 3.63) is 71.8 Å². The third-order valence-electron chi connectivity index (χ3n) is 4.88. The van der Waals surface area contributed by atoms with Gasteiger partial charge in [-0.15, -0.1) is 0 Å². The molecule has 2 aromatic rings. The van der Waals surface area contributed by atoms with Crippen LogP contribution >= 0.6 is 0 Å². The standard InChI is InChI=1S/C21H26N2O/c1-16(17-10-4-2-5-11-17)22-19-14-8-9-15-20(19)23-21(24)18-12-6-3-7-13-18/h2-7,10-13,16,19-20,22H,8-9,14-15H2,1H3,(H,23,24)/t16-,19-,20-/m0/s1. The number of nitrogens with one attached hydrogen (secondary N) is 2. The lowest BCUT2D eigenvalue weighted by Gasteiger charge is -2.35. The van der Waals surface area contributed by atoms with Crippen LogP contribution in [0.25, 0.3) is 0 Å². The van der Waals surface area contributed by atoms with Crippen LogP contribution in [-0.2, 0) is 0 Å². The predicted octanol–water partition coefficient (Wildman–Crippen LogP) is 4.08.